The average molecular weight is 603 g/mol. The molecule has 0 saturated heterocycles. The number of aliphatic hydroxyl groups is 1. The summed E-state index contributed by atoms with van der Waals surface area (Å²) in [7, 11) is 0. The summed E-state index contributed by atoms with van der Waals surface area (Å²) in [4.78, 5) is 0. The van der Waals surface area contributed by atoms with Crippen LogP contribution in [0.3, 0.4) is 0 Å². The molecule has 3 aliphatic carbocycles. The van der Waals surface area contributed by atoms with Gasteiger partial charge in [-0.2, -0.15) is 33.7 Å². The van der Waals surface area contributed by atoms with Gasteiger partial charge in [0.2, 0.25) is 0 Å². The number of benzene rings is 1. The Morgan fingerprint density at radius 1 is 0.927 bits per heavy atom. The van der Waals surface area contributed by atoms with Crippen LogP contribution in [0.5, 0.6) is 5.75 Å². The van der Waals surface area contributed by atoms with Crippen molar-refractivity contribution in [2.24, 2.45) is 23.2 Å². The Labute approximate surface area is 246 Å². The standard InChI is InChI=1S/C33H47F5O2S/c1-22-12-15-28-29-25(16-18-31(22,28)2)24-14-13-23(39)21-27(24)30(40)26(29)11-8-6-4-3-5-7-9-19-41-20-10-17-32(34,35)33(36,37)38/h13-14,21,25-26,28-30,39-40H,1,3-12,15-20H2,2H3/t25?,26?,28?,29?,30-,31+/m0/s1. The van der Waals surface area contributed by atoms with Gasteiger partial charge in [-0.1, -0.05) is 63.7 Å². The minimum atomic E-state index is -5.45. The number of hydrogen-bond acceptors (Lipinski definition) is 3. The third-order valence-electron chi connectivity index (χ3n) is 10.5. The maximum absolute atomic E-state index is 12.9. The van der Waals surface area contributed by atoms with Crippen LogP contribution in [0.1, 0.15) is 120 Å². The van der Waals surface area contributed by atoms with E-state index in [0.717, 1.165) is 88.4 Å². The lowest BCUT2D eigenvalue weighted by molar-refractivity contribution is -0.284. The number of aliphatic hydroxyl groups excluding tert-OH is 1. The van der Waals surface area contributed by atoms with E-state index in [-0.39, 0.29) is 23.5 Å². The first kappa shape index (κ1) is 32.6. The number of phenols is 1. The molecule has 0 aliphatic heterocycles. The number of thioether (sulfide) groups is 1. The van der Waals surface area contributed by atoms with Gasteiger partial charge in [-0.3, -0.25) is 0 Å². The highest BCUT2D eigenvalue weighted by atomic mass is 32.2. The van der Waals surface area contributed by atoms with E-state index in [1.165, 1.54) is 22.9 Å². The van der Waals surface area contributed by atoms with Gasteiger partial charge in [-0.25, -0.2) is 0 Å². The number of alkyl halides is 5. The van der Waals surface area contributed by atoms with Crippen LogP contribution in [-0.2, 0) is 0 Å². The molecule has 232 valence electrons. The topological polar surface area (TPSA) is 40.5 Å². The van der Waals surface area contributed by atoms with Crippen LogP contribution in [-0.4, -0.2) is 33.8 Å². The molecule has 0 bridgehead atoms. The van der Waals surface area contributed by atoms with Crippen molar-refractivity contribution in [3.8, 4) is 5.75 Å². The Morgan fingerprint density at radius 2 is 1.59 bits per heavy atom. The molecule has 0 radical (unpaired) electrons. The molecular formula is C33H47F5O2S. The second-order valence-corrected chi connectivity index (χ2v) is 14.2. The first-order chi connectivity index (χ1) is 19.4. The molecule has 6 atom stereocenters. The molecule has 2 fully saturated rings. The van der Waals surface area contributed by atoms with Crippen LogP contribution in [0.4, 0.5) is 22.0 Å². The fourth-order valence-electron chi connectivity index (χ4n) is 8.12. The van der Waals surface area contributed by atoms with Gasteiger partial charge in [0, 0.05) is 6.42 Å². The molecular weight excluding hydrogens is 555 g/mol. The molecule has 1 aromatic rings. The van der Waals surface area contributed by atoms with E-state index in [9.17, 15) is 32.2 Å². The van der Waals surface area contributed by atoms with Crippen LogP contribution >= 0.6 is 11.8 Å². The van der Waals surface area contributed by atoms with Crippen LogP contribution in [0.25, 0.3) is 0 Å². The minimum Gasteiger partial charge on any atom is -0.508 e. The van der Waals surface area contributed by atoms with Gasteiger partial charge in [-0.05, 0) is 109 Å². The van der Waals surface area contributed by atoms with Crippen LogP contribution < -0.4 is 0 Å². The van der Waals surface area contributed by atoms with Gasteiger partial charge < -0.3 is 10.2 Å². The summed E-state index contributed by atoms with van der Waals surface area (Å²) in [6.45, 7) is 6.83. The average Bonchev–Trinajstić information content (AvgIpc) is 3.21. The Balaban J connectivity index is 1.17. The molecule has 0 aromatic heterocycles. The molecule has 41 heavy (non-hydrogen) atoms. The van der Waals surface area contributed by atoms with Gasteiger partial charge in [0.15, 0.2) is 0 Å². The monoisotopic (exact) mass is 602 g/mol. The second kappa shape index (κ2) is 13.6. The highest BCUT2D eigenvalue weighted by molar-refractivity contribution is 7.99. The number of allylic oxidation sites excluding steroid dienone is 1. The molecule has 4 unspecified atom stereocenters. The molecule has 2 nitrogen and oxygen atoms in total. The van der Waals surface area contributed by atoms with Crippen LogP contribution in [0.15, 0.2) is 30.4 Å². The van der Waals surface area contributed by atoms with Gasteiger partial charge >= 0.3 is 12.1 Å². The zero-order chi connectivity index (χ0) is 29.8. The van der Waals surface area contributed by atoms with E-state index in [2.05, 4.69) is 13.5 Å². The fraction of sp³-hybridized carbons (Fsp3) is 0.758. The van der Waals surface area contributed by atoms with E-state index in [4.69, 9.17) is 0 Å². The number of hydrogen-bond donors (Lipinski definition) is 2. The van der Waals surface area contributed by atoms with Crippen molar-refractivity contribution in [2.75, 3.05) is 11.5 Å². The van der Waals surface area contributed by atoms with E-state index in [1.807, 2.05) is 6.07 Å². The largest absolute Gasteiger partial charge is 0.508 e. The van der Waals surface area contributed by atoms with E-state index >= 15 is 0 Å². The van der Waals surface area contributed by atoms with Crippen molar-refractivity contribution in [3.63, 3.8) is 0 Å². The normalized spacial score (nSPS) is 29.7. The number of fused-ring (bicyclic) bond motifs is 5. The summed E-state index contributed by atoms with van der Waals surface area (Å²) in [5, 5.41) is 21.8. The maximum Gasteiger partial charge on any atom is 0.453 e. The second-order valence-electron chi connectivity index (χ2n) is 13.0. The molecule has 2 saturated carbocycles. The van der Waals surface area contributed by atoms with Crippen molar-refractivity contribution < 1.29 is 32.2 Å². The summed E-state index contributed by atoms with van der Waals surface area (Å²) >= 11 is 1.46. The smallest absolute Gasteiger partial charge is 0.453 e. The summed E-state index contributed by atoms with van der Waals surface area (Å²) in [6, 6.07) is 5.59. The van der Waals surface area contributed by atoms with Crippen molar-refractivity contribution >= 4 is 11.8 Å². The predicted octanol–water partition coefficient (Wildman–Crippen LogP) is 10.4. The van der Waals surface area contributed by atoms with Crippen molar-refractivity contribution in [1.82, 2.24) is 0 Å². The number of unbranched alkanes of at least 4 members (excludes halogenated alkanes) is 6. The molecule has 1 aromatic carbocycles. The molecule has 0 spiro atoms. The lowest BCUT2D eigenvalue weighted by atomic mass is 9.51. The van der Waals surface area contributed by atoms with Gasteiger partial charge in [0.25, 0.3) is 0 Å². The minimum absolute atomic E-state index is 0.129. The molecule has 0 amide bonds. The third kappa shape index (κ3) is 7.27. The number of phenolic OH excluding ortho intramolecular Hbond substituents is 1. The third-order valence-corrected chi connectivity index (χ3v) is 11.7. The summed E-state index contributed by atoms with van der Waals surface area (Å²) < 4.78 is 62.5. The Bertz CT molecular complexity index is 1030. The Morgan fingerprint density at radius 3 is 2.29 bits per heavy atom. The van der Waals surface area contributed by atoms with Crippen LogP contribution in [0.2, 0.25) is 0 Å². The Kier molecular flexibility index (Phi) is 10.8. The molecule has 2 N–H and O–H groups in total. The number of aromatic hydroxyl groups is 1. The van der Waals surface area contributed by atoms with E-state index < -0.39 is 24.6 Å². The zero-order valence-electron chi connectivity index (χ0n) is 24.3. The van der Waals surface area contributed by atoms with Crippen LogP contribution in [0, 0.1) is 23.2 Å². The highest BCUT2D eigenvalue weighted by Crippen LogP contribution is 2.65. The summed E-state index contributed by atoms with van der Waals surface area (Å²) in [5.41, 5.74) is 3.70. The quantitative estimate of drug-likeness (QED) is 0.126. The molecule has 3 aliphatic rings. The van der Waals surface area contributed by atoms with Crippen molar-refractivity contribution in [1.29, 1.82) is 0 Å². The lowest BCUT2D eigenvalue weighted by Crippen LogP contribution is -2.45. The van der Waals surface area contributed by atoms with Crippen molar-refractivity contribution in [2.45, 2.75) is 121 Å². The molecule has 8 heteroatoms. The number of halogens is 5. The predicted molar refractivity (Wildman–Crippen MR) is 156 cm³/mol. The fourth-order valence-corrected chi connectivity index (χ4v) is 9.08. The van der Waals surface area contributed by atoms with E-state index in [0.29, 0.717) is 23.5 Å². The SMILES string of the molecule is C=C1CCC2C3C(CC[C@]12C)c1ccc(O)cc1[C@@H](O)C3CCCCCCCCCSCCCC(F)(F)C(F)(F)F. The van der Waals surface area contributed by atoms with Gasteiger partial charge in [-0.15, -0.1) is 0 Å². The Hall–Kier alpha value is -1.28. The maximum atomic E-state index is 12.9. The summed E-state index contributed by atoms with van der Waals surface area (Å²) in [5.74, 6) is -1.62. The van der Waals surface area contributed by atoms with Gasteiger partial charge in [0.1, 0.15) is 5.75 Å². The molecule has 4 rings (SSSR count). The zero-order valence-corrected chi connectivity index (χ0v) is 25.1. The lowest BCUT2D eigenvalue weighted by Gasteiger charge is -2.54. The first-order valence-corrected chi connectivity index (χ1v) is 16.7. The number of rotatable bonds is 14. The first-order valence-electron chi connectivity index (χ1n) is 15.6. The van der Waals surface area contributed by atoms with Gasteiger partial charge in [0.05, 0.1) is 6.10 Å². The highest BCUT2D eigenvalue weighted by Gasteiger charge is 2.57. The summed E-state index contributed by atoms with van der Waals surface area (Å²) in [6.07, 6.45) is 5.76. The van der Waals surface area contributed by atoms with Crippen molar-refractivity contribution in [3.05, 3.63) is 41.5 Å². The molecule has 0 heterocycles. The van der Waals surface area contributed by atoms with E-state index in [1.54, 1.807) is 12.1 Å².